The number of aromatic nitrogens is 2. The van der Waals surface area contributed by atoms with Crippen molar-refractivity contribution in [3.8, 4) is 5.69 Å². The molecule has 0 amide bonds. The van der Waals surface area contributed by atoms with E-state index in [2.05, 4.69) is 5.10 Å². The summed E-state index contributed by atoms with van der Waals surface area (Å²) in [7, 11) is 0. The SMILES string of the molecule is Cc1nn(-c2ccccc2)c(Cl)c1C(=N)c1ccc(Cl)cc1. The van der Waals surface area contributed by atoms with Gasteiger partial charge >= 0.3 is 0 Å². The Balaban J connectivity index is 2.07. The molecular formula is C17H13Cl2N3. The van der Waals surface area contributed by atoms with E-state index in [0.29, 0.717) is 27.1 Å². The number of hydrogen-bond donors (Lipinski definition) is 1. The molecule has 2 aromatic carbocycles. The van der Waals surface area contributed by atoms with Gasteiger partial charge in [-0.15, -0.1) is 0 Å². The van der Waals surface area contributed by atoms with Crippen LogP contribution in [0.3, 0.4) is 0 Å². The Bertz CT molecular complexity index is 821. The fourth-order valence-electron chi connectivity index (χ4n) is 2.28. The van der Waals surface area contributed by atoms with Crippen molar-refractivity contribution >= 4 is 28.9 Å². The zero-order chi connectivity index (χ0) is 15.7. The molecule has 3 rings (SSSR count). The summed E-state index contributed by atoms with van der Waals surface area (Å²) in [5.74, 6) is 0. The third-order valence-electron chi connectivity index (χ3n) is 3.39. The Morgan fingerprint density at radius 1 is 1.00 bits per heavy atom. The molecule has 0 aliphatic carbocycles. The second-order valence-electron chi connectivity index (χ2n) is 4.88. The lowest BCUT2D eigenvalue weighted by atomic mass is 10.0. The summed E-state index contributed by atoms with van der Waals surface area (Å²) in [6.07, 6.45) is 0. The molecule has 1 aromatic heterocycles. The highest BCUT2D eigenvalue weighted by molar-refractivity contribution is 6.35. The molecule has 1 heterocycles. The minimum absolute atomic E-state index is 0.335. The van der Waals surface area contributed by atoms with E-state index < -0.39 is 0 Å². The number of nitrogens with zero attached hydrogens (tertiary/aromatic N) is 2. The Morgan fingerprint density at radius 3 is 2.27 bits per heavy atom. The van der Waals surface area contributed by atoms with Crippen molar-refractivity contribution in [3.05, 3.63) is 81.6 Å². The second kappa shape index (κ2) is 5.95. The lowest BCUT2D eigenvalue weighted by molar-refractivity contribution is 0.863. The summed E-state index contributed by atoms with van der Waals surface area (Å²) >= 11 is 12.4. The highest BCUT2D eigenvalue weighted by Crippen LogP contribution is 2.26. The monoisotopic (exact) mass is 329 g/mol. The number of rotatable bonds is 3. The van der Waals surface area contributed by atoms with Gasteiger partial charge in [-0.05, 0) is 31.2 Å². The number of benzene rings is 2. The molecule has 22 heavy (non-hydrogen) atoms. The molecule has 0 bridgehead atoms. The number of nitrogens with one attached hydrogen (secondary N) is 1. The molecular weight excluding hydrogens is 317 g/mol. The largest absolute Gasteiger partial charge is 0.299 e. The van der Waals surface area contributed by atoms with Crippen LogP contribution in [0.25, 0.3) is 5.69 Å². The van der Waals surface area contributed by atoms with E-state index in [9.17, 15) is 0 Å². The molecule has 1 N–H and O–H groups in total. The number of halogens is 2. The zero-order valence-corrected chi connectivity index (χ0v) is 13.4. The van der Waals surface area contributed by atoms with E-state index in [4.69, 9.17) is 28.6 Å². The molecule has 3 aromatic rings. The predicted octanol–water partition coefficient (Wildman–Crippen LogP) is 4.90. The van der Waals surface area contributed by atoms with Gasteiger partial charge in [-0.25, -0.2) is 4.68 Å². The first kappa shape index (κ1) is 14.8. The Labute approximate surface area is 138 Å². The van der Waals surface area contributed by atoms with E-state index >= 15 is 0 Å². The van der Waals surface area contributed by atoms with E-state index in [0.717, 1.165) is 11.3 Å². The minimum Gasteiger partial charge on any atom is -0.299 e. The molecule has 0 atom stereocenters. The van der Waals surface area contributed by atoms with Gasteiger partial charge in [-0.1, -0.05) is 53.5 Å². The van der Waals surface area contributed by atoms with Crippen molar-refractivity contribution in [1.82, 2.24) is 9.78 Å². The molecule has 0 aliphatic rings. The molecule has 110 valence electrons. The van der Waals surface area contributed by atoms with E-state index in [-0.39, 0.29) is 0 Å². The minimum atomic E-state index is 0.335. The fraction of sp³-hybridized carbons (Fsp3) is 0.0588. The van der Waals surface area contributed by atoms with Crippen LogP contribution in [0.4, 0.5) is 0 Å². The number of hydrogen-bond acceptors (Lipinski definition) is 2. The van der Waals surface area contributed by atoms with Gasteiger partial charge in [0.25, 0.3) is 0 Å². The van der Waals surface area contributed by atoms with Gasteiger partial charge in [0.05, 0.1) is 22.7 Å². The van der Waals surface area contributed by atoms with Crippen molar-refractivity contribution < 1.29 is 0 Å². The third-order valence-corrected chi connectivity index (χ3v) is 3.99. The van der Waals surface area contributed by atoms with Crippen LogP contribution in [-0.4, -0.2) is 15.5 Å². The summed E-state index contributed by atoms with van der Waals surface area (Å²) in [4.78, 5) is 0. The first-order valence-corrected chi connectivity index (χ1v) is 7.49. The van der Waals surface area contributed by atoms with Crippen molar-refractivity contribution in [2.24, 2.45) is 0 Å². The van der Waals surface area contributed by atoms with Gasteiger partial charge in [-0.3, -0.25) is 5.41 Å². The summed E-state index contributed by atoms with van der Waals surface area (Å²) in [5, 5.41) is 14.0. The quantitative estimate of drug-likeness (QED) is 0.682. The average Bonchev–Trinajstić information content (AvgIpc) is 2.83. The van der Waals surface area contributed by atoms with E-state index in [1.54, 1.807) is 28.9 Å². The van der Waals surface area contributed by atoms with Gasteiger partial charge in [0.15, 0.2) is 0 Å². The summed E-state index contributed by atoms with van der Waals surface area (Å²) in [6, 6.07) is 16.8. The van der Waals surface area contributed by atoms with Crippen LogP contribution in [0.5, 0.6) is 0 Å². The standard InChI is InChI=1S/C17H13Cl2N3/c1-11-15(16(20)12-7-9-13(18)10-8-12)17(19)22(21-11)14-5-3-2-4-6-14/h2-10,20H,1H3. The molecule has 0 saturated heterocycles. The van der Waals surface area contributed by atoms with Crippen LogP contribution in [0.1, 0.15) is 16.8 Å². The maximum Gasteiger partial charge on any atom is 0.142 e. The van der Waals surface area contributed by atoms with Crippen LogP contribution >= 0.6 is 23.2 Å². The predicted molar refractivity (Wildman–Crippen MR) is 90.7 cm³/mol. The van der Waals surface area contributed by atoms with Crippen LogP contribution in [-0.2, 0) is 0 Å². The molecule has 0 unspecified atom stereocenters. The maximum absolute atomic E-state index is 8.42. The molecule has 0 spiro atoms. The molecule has 0 saturated carbocycles. The van der Waals surface area contributed by atoms with Gasteiger partial charge < -0.3 is 0 Å². The Kier molecular flexibility index (Phi) is 4.01. The normalized spacial score (nSPS) is 10.7. The highest BCUT2D eigenvalue weighted by atomic mass is 35.5. The molecule has 0 aliphatic heterocycles. The highest BCUT2D eigenvalue weighted by Gasteiger charge is 2.19. The zero-order valence-electron chi connectivity index (χ0n) is 11.8. The van der Waals surface area contributed by atoms with Crippen LogP contribution < -0.4 is 0 Å². The summed E-state index contributed by atoms with van der Waals surface area (Å²) < 4.78 is 1.65. The summed E-state index contributed by atoms with van der Waals surface area (Å²) in [6.45, 7) is 1.85. The van der Waals surface area contributed by atoms with Crippen LogP contribution in [0.2, 0.25) is 10.2 Å². The van der Waals surface area contributed by atoms with E-state index in [1.807, 2.05) is 37.3 Å². The maximum atomic E-state index is 8.42. The Hall–Kier alpha value is -2.10. The average molecular weight is 330 g/mol. The smallest absolute Gasteiger partial charge is 0.142 e. The molecule has 0 radical (unpaired) electrons. The van der Waals surface area contributed by atoms with Gasteiger partial charge in [0.2, 0.25) is 0 Å². The molecule has 0 fully saturated rings. The summed E-state index contributed by atoms with van der Waals surface area (Å²) in [5.41, 5.74) is 3.30. The van der Waals surface area contributed by atoms with Crippen molar-refractivity contribution in [3.63, 3.8) is 0 Å². The third kappa shape index (κ3) is 2.65. The van der Waals surface area contributed by atoms with E-state index in [1.165, 1.54) is 0 Å². The van der Waals surface area contributed by atoms with Crippen molar-refractivity contribution in [2.45, 2.75) is 6.92 Å². The molecule has 3 nitrogen and oxygen atoms in total. The van der Waals surface area contributed by atoms with Crippen molar-refractivity contribution in [2.75, 3.05) is 0 Å². The van der Waals surface area contributed by atoms with Crippen molar-refractivity contribution in [1.29, 1.82) is 5.41 Å². The first-order valence-electron chi connectivity index (χ1n) is 6.73. The van der Waals surface area contributed by atoms with Gasteiger partial charge in [0, 0.05) is 10.6 Å². The molecule has 5 heteroatoms. The second-order valence-corrected chi connectivity index (χ2v) is 5.67. The van der Waals surface area contributed by atoms with Crippen LogP contribution in [0.15, 0.2) is 54.6 Å². The van der Waals surface area contributed by atoms with Gasteiger partial charge in [-0.2, -0.15) is 5.10 Å². The lowest BCUT2D eigenvalue weighted by Crippen LogP contribution is -2.03. The number of aryl methyl sites for hydroxylation is 1. The Morgan fingerprint density at radius 2 is 1.64 bits per heavy atom. The topological polar surface area (TPSA) is 41.7 Å². The van der Waals surface area contributed by atoms with Gasteiger partial charge in [0.1, 0.15) is 5.15 Å². The fourth-order valence-corrected chi connectivity index (χ4v) is 2.78. The lowest BCUT2D eigenvalue weighted by Gasteiger charge is -2.05. The van der Waals surface area contributed by atoms with Crippen LogP contribution in [0, 0.1) is 12.3 Å². The first-order chi connectivity index (χ1) is 10.6. The number of para-hydroxylation sites is 1.